The van der Waals surface area contributed by atoms with Crippen LogP contribution in [0, 0.1) is 13.8 Å². The van der Waals surface area contributed by atoms with Crippen LogP contribution in [0.15, 0.2) is 54.7 Å². The second-order valence-electron chi connectivity index (χ2n) is 5.41. The lowest BCUT2D eigenvalue weighted by Gasteiger charge is -2.10. The molecule has 0 atom stereocenters. The van der Waals surface area contributed by atoms with Crippen molar-refractivity contribution in [2.75, 3.05) is 0 Å². The summed E-state index contributed by atoms with van der Waals surface area (Å²) in [6, 6.07) is 17.2. The van der Waals surface area contributed by atoms with E-state index < -0.39 is 0 Å². The lowest BCUT2D eigenvalue weighted by molar-refractivity contribution is 1.43. The van der Waals surface area contributed by atoms with Gasteiger partial charge in [-0.05, 0) is 42.7 Å². The Hall–Kier alpha value is -2.19. The number of hydrogen-bond acceptors (Lipinski definition) is 2. The molecule has 102 valence electrons. The second-order valence-corrected chi connectivity index (χ2v) is 6.41. The molecule has 0 saturated heterocycles. The molecule has 2 heteroatoms. The molecule has 0 aliphatic rings. The second kappa shape index (κ2) is 4.68. The first kappa shape index (κ1) is 12.5. The molecule has 0 saturated carbocycles. The highest BCUT2D eigenvalue weighted by Crippen LogP contribution is 2.41. The van der Waals surface area contributed by atoms with Crippen molar-refractivity contribution in [3.63, 3.8) is 0 Å². The van der Waals surface area contributed by atoms with Crippen LogP contribution in [-0.4, -0.2) is 4.98 Å². The van der Waals surface area contributed by atoms with Crippen LogP contribution in [0.1, 0.15) is 11.1 Å². The molecular weight excluding hydrogens is 274 g/mol. The number of fused-ring (bicyclic) bond motifs is 3. The zero-order valence-corrected chi connectivity index (χ0v) is 12.9. The average Bonchev–Trinajstić information content (AvgIpc) is 2.87. The molecule has 0 fully saturated rings. The quantitative estimate of drug-likeness (QED) is 0.436. The van der Waals surface area contributed by atoms with Crippen molar-refractivity contribution < 1.29 is 0 Å². The van der Waals surface area contributed by atoms with Gasteiger partial charge in [0.1, 0.15) is 4.83 Å². The Labute approximate surface area is 127 Å². The molecule has 0 radical (unpaired) electrons. The summed E-state index contributed by atoms with van der Waals surface area (Å²) in [6.07, 6.45) is 1.87. The predicted molar refractivity (Wildman–Crippen MR) is 92.0 cm³/mol. The molecule has 0 amide bonds. The lowest BCUT2D eigenvalue weighted by atomic mass is 9.95. The van der Waals surface area contributed by atoms with Gasteiger partial charge in [-0.15, -0.1) is 11.3 Å². The molecule has 0 unspecified atom stereocenters. The zero-order valence-electron chi connectivity index (χ0n) is 12.1. The van der Waals surface area contributed by atoms with Crippen LogP contribution in [-0.2, 0) is 0 Å². The van der Waals surface area contributed by atoms with Crippen molar-refractivity contribution in [2.45, 2.75) is 13.8 Å². The van der Waals surface area contributed by atoms with Gasteiger partial charge in [-0.2, -0.15) is 0 Å². The molecule has 2 heterocycles. The maximum atomic E-state index is 4.52. The maximum Gasteiger partial charge on any atom is 0.124 e. The van der Waals surface area contributed by atoms with E-state index in [1.165, 1.54) is 37.7 Å². The first-order valence-corrected chi connectivity index (χ1v) is 7.90. The Kier molecular flexibility index (Phi) is 2.79. The summed E-state index contributed by atoms with van der Waals surface area (Å²) in [5.74, 6) is 0. The molecule has 21 heavy (non-hydrogen) atoms. The maximum absolute atomic E-state index is 4.52. The Morgan fingerprint density at radius 3 is 2.52 bits per heavy atom. The fraction of sp³-hybridized carbons (Fsp3) is 0.105. The monoisotopic (exact) mass is 289 g/mol. The number of hydrogen-bond donors (Lipinski definition) is 0. The van der Waals surface area contributed by atoms with Crippen LogP contribution >= 0.6 is 11.3 Å². The molecular formula is C19H15NS. The highest BCUT2D eigenvalue weighted by atomic mass is 32.1. The number of nitrogens with zero attached hydrogens (tertiary/aromatic N) is 1. The van der Waals surface area contributed by atoms with Crippen molar-refractivity contribution in [2.24, 2.45) is 0 Å². The minimum Gasteiger partial charge on any atom is -0.245 e. The third kappa shape index (κ3) is 1.87. The summed E-state index contributed by atoms with van der Waals surface area (Å²) < 4.78 is 1.35. The average molecular weight is 289 g/mol. The van der Waals surface area contributed by atoms with Crippen LogP contribution in [0.4, 0.5) is 0 Å². The topological polar surface area (TPSA) is 12.9 Å². The van der Waals surface area contributed by atoms with Gasteiger partial charge in [-0.3, -0.25) is 0 Å². The predicted octanol–water partition coefficient (Wildman–Crippen LogP) is 5.73. The van der Waals surface area contributed by atoms with Crippen molar-refractivity contribution >= 4 is 31.6 Å². The molecule has 4 rings (SSSR count). The smallest absolute Gasteiger partial charge is 0.124 e. The summed E-state index contributed by atoms with van der Waals surface area (Å²) in [6.45, 7) is 4.37. The normalized spacial score (nSPS) is 11.3. The number of benzene rings is 2. The summed E-state index contributed by atoms with van der Waals surface area (Å²) in [7, 11) is 0. The van der Waals surface area contributed by atoms with E-state index in [1.807, 2.05) is 12.3 Å². The Balaban J connectivity index is 2.18. The largest absolute Gasteiger partial charge is 0.245 e. The van der Waals surface area contributed by atoms with E-state index in [0.29, 0.717) is 0 Å². The summed E-state index contributed by atoms with van der Waals surface area (Å²) in [4.78, 5) is 5.64. The highest BCUT2D eigenvalue weighted by Gasteiger charge is 2.14. The summed E-state index contributed by atoms with van der Waals surface area (Å²) in [5.41, 5.74) is 5.32. The van der Waals surface area contributed by atoms with Crippen LogP contribution < -0.4 is 0 Å². The van der Waals surface area contributed by atoms with Crippen molar-refractivity contribution in [1.82, 2.24) is 4.98 Å². The zero-order chi connectivity index (χ0) is 14.4. The van der Waals surface area contributed by atoms with Crippen molar-refractivity contribution in [3.05, 3.63) is 65.9 Å². The highest BCUT2D eigenvalue weighted by molar-refractivity contribution is 7.26. The molecule has 0 spiro atoms. The van der Waals surface area contributed by atoms with E-state index in [-0.39, 0.29) is 0 Å². The first-order valence-electron chi connectivity index (χ1n) is 7.08. The Bertz CT molecular complexity index is 966. The van der Waals surface area contributed by atoms with Gasteiger partial charge >= 0.3 is 0 Å². The van der Waals surface area contributed by atoms with Crippen molar-refractivity contribution in [3.8, 4) is 11.1 Å². The molecule has 0 aliphatic heterocycles. The van der Waals surface area contributed by atoms with Crippen molar-refractivity contribution in [1.29, 1.82) is 0 Å². The van der Waals surface area contributed by atoms with Crippen LogP contribution in [0.5, 0.6) is 0 Å². The van der Waals surface area contributed by atoms with Crippen LogP contribution in [0.3, 0.4) is 0 Å². The molecule has 0 N–H and O–H groups in total. The van der Waals surface area contributed by atoms with Gasteiger partial charge in [-0.25, -0.2) is 4.98 Å². The molecule has 4 aromatic rings. The standard InChI is InChI=1S/C19H15NS/c1-12-6-3-4-7-14(12)17-13(2)9-10-15-16-8-5-11-20-19(16)21-18(15)17/h3-11H,1-2H3. The van der Waals surface area contributed by atoms with E-state index in [1.54, 1.807) is 11.3 Å². The minimum absolute atomic E-state index is 1.12. The Morgan fingerprint density at radius 2 is 1.67 bits per heavy atom. The third-order valence-corrected chi connectivity index (χ3v) is 5.19. The number of aryl methyl sites for hydroxylation is 2. The van der Waals surface area contributed by atoms with Crippen LogP contribution in [0.25, 0.3) is 31.4 Å². The fourth-order valence-corrected chi connectivity index (χ4v) is 4.22. The van der Waals surface area contributed by atoms with Gasteiger partial charge in [0.05, 0.1) is 0 Å². The molecule has 0 aliphatic carbocycles. The van der Waals surface area contributed by atoms with Gasteiger partial charge in [0, 0.05) is 27.2 Å². The SMILES string of the molecule is Cc1ccccc1-c1c(C)ccc2c1sc1ncccc12. The Morgan fingerprint density at radius 1 is 0.810 bits per heavy atom. The lowest BCUT2D eigenvalue weighted by Crippen LogP contribution is -1.86. The van der Waals surface area contributed by atoms with E-state index in [4.69, 9.17) is 0 Å². The van der Waals surface area contributed by atoms with E-state index in [2.05, 4.69) is 61.3 Å². The number of aromatic nitrogens is 1. The molecule has 0 bridgehead atoms. The number of thiophene rings is 1. The molecule has 2 aromatic heterocycles. The fourth-order valence-electron chi connectivity index (χ4n) is 2.96. The van der Waals surface area contributed by atoms with E-state index in [9.17, 15) is 0 Å². The van der Waals surface area contributed by atoms with Gasteiger partial charge in [0.2, 0.25) is 0 Å². The van der Waals surface area contributed by atoms with Gasteiger partial charge < -0.3 is 0 Å². The first-order chi connectivity index (χ1) is 10.3. The number of pyridine rings is 1. The third-order valence-electron chi connectivity index (χ3n) is 4.04. The number of rotatable bonds is 1. The summed E-state index contributed by atoms with van der Waals surface area (Å²) in [5, 5.41) is 2.57. The minimum atomic E-state index is 1.12. The molecule has 1 nitrogen and oxygen atoms in total. The van der Waals surface area contributed by atoms with Crippen LogP contribution in [0.2, 0.25) is 0 Å². The van der Waals surface area contributed by atoms with Gasteiger partial charge in [-0.1, -0.05) is 36.4 Å². The molecule has 2 aromatic carbocycles. The van der Waals surface area contributed by atoms with E-state index in [0.717, 1.165) is 4.83 Å². The summed E-state index contributed by atoms with van der Waals surface area (Å²) >= 11 is 1.79. The van der Waals surface area contributed by atoms with Gasteiger partial charge in [0.15, 0.2) is 0 Å². The van der Waals surface area contributed by atoms with E-state index >= 15 is 0 Å². The van der Waals surface area contributed by atoms with Gasteiger partial charge in [0.25, 0.3) is 0 Å².